The molecule has 3 unspecified atom stereocenters. The van der Waals surface area contributed by atoms with Crippen LogP contribution in [0.5, 0.6) is 11.5 Å². The molecule has 5 N–H and O–H groups in total. The summed E-state index contributed by atoms with van der Waals surface area (Å²) in [6, 6.07) is 6.27. The van der Waals surface area contributed by atoms with Gasteiger partial charge < -0.3 is 26.0 Å². The number of methoxy groups -OCH3 is 1. The molecule has 0 saturated heterocycles. The van der Waals surface area contributed by atoms with Crippen molar-refractivity contribution in [1.29, 1.82) is 0 Å². The number of hydrogen-bond donors (Lipinski definition) is 4. The molecule has 14 heteroatoms. The molecule has 0 radical (unpaired) electrons. The van der Waals surface area contributed by atoms with E-state index in [1.165, 1.54) is 38.2 Å². The van der Waals surface area contributed by atoms with Gasteiger partial charge in [-0.05, 0) is 67.7 Å². The van der Waals surface area contributed by atoms with Crippen LogP contribution in [0.4, 0.5) is 13.2 Å². The number of phenolic OH excluding ortho intramolecular Hbond substituents is 1. The number of likely N-dealkylation sites (N-methyl/N-ethyl adjacent to an activating group) is 1. The molecule has 2 fully saturated rings. The molecule has 45 heavy (non-hydrogen) atoms. The number of ether oxygens (including phenoxy) is 1. The lowest BCUT2D eigenvalue weighted by atomic mass is 9.52. The molecule has 3 aliphatic rings. The molecule has 0 aromatic heterocycles. The number of nitrogens with zero attached hydrogens (tertiary/aromatic N) is 1. The van der Waals surface area contributed by atoms with Crippen LogP contribution in [0.15, 0.2) is 30.3 Å². The Labute approximate surface area is 255 Å². The number of Topliss-reactive ketones (excluding diaryl/α,β-unsaturated/α-hetero) is 4. The van der Waals surface area contributed by atoms with Crippen LogP contribution in [0.2, 0.25) is 0 Å². The van der Waals surface area contributed by atoms with Crippen LogP contribution in [0.1, 0.15) is 27.9 Å². The highest BCUT2D eigenvalue weighted by atomic mass is 19.4. The fraction of sp³-hybridized carbons (Fsp3) is 0.452. The van der Waals surface area contributed by atoms with Crippen molar-refractivity contribution in [2.75, 3.05) is 27.7 Å². The first-order valence-electron chi connectivity index (χ1n) is 14.2. The van der Waals surface area contributed by atoms with E-state index in [4.69, 9.17) is 10.5 Å². The van der Waals surface area contributed by atoms with E-state index in [0.717, 1.165) is 0 Å². The number of carbonyl (C=O) groups is 5. The summed E-state index contributed by atoms with van der Waals surface area (Å²) < 4.78 is 43.6. The molecule has 2 saturated carbocycles. The summed E-state index contributed by atoms with van der Waals surface area (Å²) in [6.07, 6.45) is -4.53. The maximum Gasteiger partial charge on any atom is 0.401 e. The van der Waals surface area contributed by atoms with Gasteiger partial charge in [-0.1, -0.05) is 12.1 Å². The van der Waals surface area contributed by atoms with Crippen molar-refractivity contribution in [3.8, 4) is 22.6 Å². The van der Waals surface area contributed by atoms with Crippen molar-refractivity contribution >= 4 is 29.0 Å². The van der Waals surface area contributed by atoms with Crippen LogP contribution >= 0.6 is 0 Å². The number of phenols is 1. The summed E-state index contributed by atoms with van der Waals surface area (Å²) in [7, 11) is 4.38. The molecule has 2 aromatic rings. The Morgan fingerprint density at radius 2 is 1.80 bits per heavy atom. The zero-order chi connectivity index (χ0) is 33.2. The lowest BCUT2D eigenvalue weighted by Crippen LogP contribution is -2.74. The number of nitrogens with one attached hydrogen (secondary N) is 1. The lowest BCUT2D eigenvalue weighted by Gasteiger charge is -2.52. The second kappa shape index (κ2) is 11.3. The smallest absolute Gasteiger partial charge is 0.401 e. The van der Waals surface area contributed by atoms with Gasteiger partial charge in [0.25, 0.3) is 0 Å². The van der Waals surface area contributed by atoms with E-state index in [1.807, 2.05) is 0 Å². The van der Waals surface area contributed by atoms with E-state index in [-0.39, 0.29) is 24.9 Å². The van der Waals surface area contributed by atoms with Crippen LogP contribution in [-0.2, 0) is 32.1 Å². The minimum atomic E-state index is -4.41. The maximum absolute atomic E-state index is 14.0. The first-order chi connectivity index (χ1) is 21.0. The fourth-order valence-corrected chi connectivity index (χ4v) is 7.28. The SMILES string of the molecule is COc1ccc(CNCC(F)(F)F)cc1-c1ccc(O)c2c1C[C@H]1C[C@H]3C(N(C)C)C(=O)C(C(N)=O)C(=O)[C@@]3(O)C(=O)C1C2=O. The van der Waals surface area contributed by atoms with Crippen molar-refractivity contribution in [2.24, 2.45) is 29.4 Å². The second-order valence-corrected chi connectivity index (χ2v) is 12.0. The third-order valence-electron chi connectivity index (χ3n) is 9.15. The molecule has 0 aliphatic heterocycles. The van der Waals surface area contributed by atoms with Gasteiger partial charge in [-0.15, -0.1) is 0 Å². The average Bonchev–Trinajstić information content (AvgIpc) is 2.94. The Morgan fingerprint density at radius 3 is 2.40 bits per heavy atom. The van der Waals surface area contributed by atoms with Gasteiger partial charge in [0, 0.05) is 18.0 Å². The quantitative estimate of drug-likeness (QED) is 0.325. The molecule has 5 rings (SSSR count). The molecule has 0 spiro atoms. The van der Waals surface area contributed by atoms with Gasteiger partial charge in [-0.25, -0.2) is 0 Å². The Hall–Kier alpha value is -4.14. The highest BCUT2D eigenvalue weighted by Crippen LogP contribution is 2.52. The predicted molar refractivity (Wildman–Crippen MR) is 151 cm³/mol. The number of nitrogens with two attached hydrogens (primary N) is 1. The first kappa shape index (κ1) is 32.3. The minimum Gasteiger partial charge on any atom is -0.507 e. The molecular weight excluding hydrogens is 599 g/mol. The summed E-state index contributed by atoms with van der Waals surface area (Å²) in [4.78, 5) is 68.3. The number of amides is 1. The zero-order valence-electron chi connectivity index (χ0n) is 24.6. The van der Waals surface area contributed by atoms with Crippen LogP contribution in [0, 0.1) is 23.7 Å². The minimum absolute atomic E-state index is 0.00920. The van der Waals surface area contributed by atoms with Gasteiger partial charge in [-0.3, -0.25) is 28.9 Å². The summed E-state index contributed by atoms with van der Waals surface area (Å²) >= 11 is 0. The van der Waals surface area contributed by atoms with Crippen LogP contribution in [-0.4, -0.2) is 89.7 Å². The van der Waals surface area contributed by atoms with E-state index in [1.54, 1.807) is 18.2 Å². The molecule has 0 bridgehead atoms. The van der Waals surface area contributed by atoms with Crippen LogP contribution in [0.3, 0.4) is 0 Å². The molecule has 1 amide bonds. The lowest BCUT2D eigenvalue weighted by molar-refractivity contribution is -0.181. The third-order valence-corrected chi connectivity index (χ3v) is 9.15. The highest BCUT2D eigenvalue weighted by Gasteiger charge is 2.69. The Kier molecular flexibility index (Phi) is 8.13. The van der Waals surface area contributed by atoms with E-state index in [9.17, 15) is 47.4 Å². The van der Waals surface area contributed by atoms with Crippen LogP contribution in [0.25, 0.3) is 11.1 Å². The number of aromatic hydroxyl groups is 1. The molecule has 6 atom stereocenters. The van der Waals surface area contributed by atoms with E-state index in [2.05, 4.69) is 5.32 Å². The second-order valence-electron chi connectivity index (χ2n) is 12.0. The summed E-state index contributed by atoms with van der Waals surface area (Å²) in [5, 5.41) is 24.9. The number of fused-ring (bicyclic) bond motifs is 3. The average molecular weight is 632 g/mol. The first-order valence-corrected chi connectivity index (χ1v) is 14.2. The topological polar surface area (TPSA) is 176 Å². The Balaban J connectivity index is 1.60. The third kappa shape index (κ3) is 5.20. The van der Waals surface area contributed by atoms with Crippen molar-refractivity contribution in [3.63, 3.8) is 0 Å². The van der Waals surface area contributed by atoms with Gasteiger partial charge in [-0.2, -0.15) is 13.2 Å². The number of primary amides is 1. The molecule has 240 valence electrons. The van der Waals surface area contributed by atoms with Gasteiger partial charge in [0.15, 0.2) is 34.7 Å². The number of carbonyl (C=O) groups excluding carboxylic acids is 5. The zero-order valence-corrected chi connectivity index (χ0v) is 24.6. The monoisotopic (exact) mass is 631 g/mol. The molecule has 0 heterocycles. The largest absolute Gasteiger partial charge is 0.507 e. The number of halogens is 3. The number of rotatable bonds is 7. The van der Waals surface area contributed by atoms with Crippen molar-refractivity contribution < 1.29 is 52.1 Å². The number of aliphatic hydroxyl groups is 1. The number of hydrogen-bond acceptors (Lipinski definition) is 10. The number of alkyl halides is 3. The maximum atomic E-state index is 14.0. The summed E-state index contributed by atoms with van der Waals surface area (Å²) in [5.41, 5.74) is 3.95. The highest BCUT2D eigenvalue weighted by molar-refractivity contribution is 6.32. The van der Waals surface area contributed by atoms with E-state index < -0.39 is 82.8 Å². The fourth-order valence-electron chi connectivity index (χ4n) is 7.28. The van der Waals surface area contributed by atoms with Crippen molar-refractivity contribution in [1.82, 2.24) is 10.2 Å². The number of benzene rings is 2. The van der Waals surface area contributed by atoms with Crippen molar-refractivity contribution in [3.05, 3.63) is 47.0 Å². The normalized spacial score (nSPS) is 28.0. The molecular formula is C31H32F3N3O8. The van der Waals surface area contributed by atoms with Gasteiger partial charge in [0.2, 0.25) is 5.91 Å². The summed E-state index contributed by atoms with van der Waals surface area (Å²) in [6.45, 7) is -1.34. The van der Waals surface area contributed by atoms with Crippen LogP contribution < -0.4 is 15.8 Å². The van der Waals surface area contributed by atoms with Gasteiger partial charge in [0.1, 0.15) is 11.5 Å². The standard InChI is InChI=1S/C31H32F3N3O8/c1-37(2)24-18-10-14-9-17-15(16-8-13(4-7-20(16)45-3)11-36-12-30(32,33)34)5-6-19(38)22(17)25(39)21(14)27(41)31(18,44)28(42)23(26(24)40)29(35)43/h4-8,14,18,21,23-24,36,38,44H,9-12H2,1-3H3,(H2,35,43)/t14-,18-,21?,23?,24?,31-/m0/s1. The van der Waals surface area contributed by atoms with Gasteiger partial charge in [0.05, 0.1) is 31.2 Å². The summed E-state index contributed by atoms with van der Waals surface area (Å²) in [5.74, 6) is -11.4. The van der Waals surface area contributed by atoms with Gasteiger partial charge >= 0.3 is 6.18 Å². The predicted octanol–water partition coefficient (Wildman–Crippen LogP) is 1.19. The number of ketones is 4. The molecule has 3 aliphatic carbocycles. The Bertz CT molecular complexity index is 1620. The Morgan fingerprint density at radius 1 is 1.11 bits per heavy atom. The van der Waals surface area contributed by atoms with Crippen molar-refractivity contribution in [2.45, 2.75) is 37.2 Å². The van der Waals surface area contributed by atoms with E-state index in [0.29, 0.717) is 28.0 Å². The molecule has 2 aromatic carbocycles. The van der Waals surface area contributed by atoms with E-state index >= 15 is 0 Å². The molecule has 11 nitrogen and oxygen atoms in total.